The lowest BCUT2D eigenvalue weighted by Gasteiger charge is -2.28. The Morgan fingerprint density at radius 2 is 1.97 bits per heavy atom. The molecule has 1 aromatic carbocycles. The number of H-pyrrole nitrogens is 1. The number of benzene rings is 1. The number of aryl methyl sites for hydroxylation is 2. The molecule has 4 rings (SSSR count). The van der Waals surface area contributed by atoms with E-state index in [0.717, 1.165) is 39.7 Å². The van der Waals surface area contributed by atoms with Crippen molar-refractivity contribution in [3.8, 4) is 0 Å². The lowest BCUT2D eigenvalue weighted by molar-refractivity contribution is 0.185. The van der Waals surface area contributed by atoms with Gasteiger partial charge in [0.2, 0.25) is 0 Å². The molecule has 0 bridgehead atoms. The minimum absolute atomic E-state index is 0.0881. The second kappa shape index (κ2) is 9.04. The molecule has 1 saturated carbocycles. The van der Waals surface area contributed by atoms with E-state index >= 15 is 0 Å². The van der Waals surface area contributed by atoms with Gasteiger partial charge in [-0.3, -0.25) is 4.79 Å². The van der Waals surface area contributed by atoms with Gasteiger partial charge in [-0.25, -0.2) is 4.79 Å². The van der Waals surface area contributed by atoms with Crippen LogP contribution in [-0.2, 0) is 13.1 Å². The summed E-state index contributed by atoms with van der Waals surface area (Å²) in [6.45, 7) is 4.85. The first-order valence-corrected chi connectivity index (χ1v) is 11.6. The fraction of sp³-hybridized carbons (Fsp3) is 0.417. The van der Waals surface area contributed by atoms with Crippen LogP contribution < -0.4 is 10.9 Å². The van der Waals surface area contributed by atoms with Gasteiger partial charge in [0.1, 0.15) is 0 Å². The summed E-state index contributed by atoms with van der Waals surface area (Å²) >= 11 is 1.63. The molecule has 3 aromatic rings. The van der Waals surface area contributed by atoms with Gasteiger partial charge in [0.15, 0.2) is 0 Å². The average Bonchev–Trinajstić information content (AvgIpc) is 3.25. The van der Waals surface area contributed by atoms with Crippen LogP contribution in [0.1, 0.15) is 53.7 Å². The van der Waals surface area contributed by atoms with E-state index in [2.05, 4.69) is 16.4 Å². The predicted octanol–water partition coefficient (Wildman–Crippen LogP) is 5.25. The average molecular weight is 424 g/mol. The van der Waals surface area contributed by atoms with E-state index in [-0.39, 0.29) is 24.2 Å². The highest BCUT2D eigenvalue weighted by molar-refractivity contribution is 7.09. The first kappa shape index (κ1) is 20.7. The van der Waals surface area contributed by atoms with E-state index in [1.807, 2.05) is 43.5 Å². The Morgan fingerprint density at radius 3 is 2.70 bits per heavy atom. The molecule has 2 N–H and O–H groups in total. The molecule has 0 atom stereocenters. The number of carbonyl (C=O) groups excluding carboxylic acids is 1. The summed E-state index contributed by atoms with van der Waals surface area (Å²) in [4.78, 5) is 31.9. The van der Waals surface area contributed by atoms with Gasteiger partial charge in [0, 0.05) is 16.5 Å². The van der Waals surface area contributed by atoms with Crippen molar-refractivity contribution >= 4 is 28.3 Å². The number of pyridine rings is 1. The Labute approximate surface area is 181 Å². The van der Waals surface area contributed by atoms with Crippen LogP contribution in [0.25, 0.3) is 10.9 Å². The number of hydrogen-bond donors (Lipinski definition) is 2. The Kier molecular flexibility index (Phi) is 6.23. The van der Waals surface area contributed by atoms with Gasteiger partial charge in [-0.2, -0.15) is 0 Å². The molecule has 2 heterocycles. The van der Waals surface area contributed by atoms with E-state index in [9.17, 15) is 9.59 Å². The van der Waals surface area contributed by atoms with Crippen LogP contribution in [0, 0.1) is 13.8 Å². The number of nitrogens with one attached hydrogen (secondary N) is 2. The number of carbonyl (C=O) groups is 1. The molecule has 158 valence electrons. The summed E-state index contributed by atoms with van der Waals surface area (Å²) in [5.74, 6) is 0. The van der Waals surface area contributed by atoms with Crippen molar-refractivity contribution in [1.82, 2.24) is 15.2 Å². The van der Waals surface area contributed by atoms with Gasteiger partial charge in [-0.1, -0.05) is 37.5 Å². The quantitative estimate of drug-likeness (QED) is 0.588. The number of amides is 2. The summed E-state index contributed by atoms with van der Waals surface area (Å²) in [5.41, 5.74) is 3.60. The molecule has 0 spiro atoms. The molecule has 1 fully saturated rings. The Hall–Kier alpha value is -2.60. The zero-order valence-electron chi connectivity index (χ0n) is 17.7. The normalized spacial score (nSPS) is 14.7. The molecule has 0 aliphatic heterocycles. The van der Waals surface area contributed by atoms with Gasteiger partial charge < -0.3 is 15.2 Å². The first-order valence-electron chi connectivity index (χ1n) is 10.7. The van der Waals surface area contributed by atoms with Crippen LogP contribution in [0.3, 0.4) is 0 Å². The van der Waals surface area contributed by atoms with E-state index < -0.39 is 0 Å². The number of thiophene rings is 1. The third-order valence-corrected chi connectivity index (χ3v) is 7.00. The van der Waals surface area contributed by atoms with E-state index in [4.69, 9.17) is 0 Å². The monoisotopic (exact) mass is 423 g/mol. The van der Waals surface area contributed by atoms with Gasteiger partial charge in [0.25, 0.3) is 5.56 Å². The molecule has 0 unspecified atom stereocenters. The SMILES string of the molecule is Cc1ccc2cc(CN(Cc3cccs3)C(=O)NC3CCCCC3)c(=O)[nH]c2c1C. The molecule has 2 aromatic heterocycles. The van der Waals surface area contributed by atoms with Crippen molar-refractivity contribution in [1.29, 1.82) is 0 Å². The third kappa shape index (κ3) is 4.59. The molecule has 2 amide bonds. The maximum absolute atomic E-state index is 13.1. The number of rotatable bonds is 5. The number of aromatic amines is 1. The molecule has 6 heteroatoms. The van der Waals surface area contributed by atoms with Gasteiger partial charge >= 0.3 is 6.03 Å². The van der Waals surface area contributed by atoms with Crippen LogP contribution in [0.2, 0.25) is 0 Å². The summed E-state index contributed by atoms with van der Waals surface area (Å²) in [5, 5.41) is 6.22. The zero-order valence-corrected chi connectivity index (χ0v) is 18.5. The maximum atomic E-state index is 13.1. The third-order valence-electron chi connectivity index (χ3n) is 6.14. The van der Waals surface area contributed by atoms with Crippen LogP contribution in [0.4, 0.5) is 4.79 Å². The topological polar surface area (TPSA) is 65.2 Å². The molecule has 0 radical (unpaired) electrons. The number of aromatic nitrogens is 1. The predicted molar refractivity (Wildman–Crippen MR) is 123 cm³/mol. The van der Waals surface area contributed by atoms with Gasteiger partial charge in [0.05, 0.1) is 18.6 Å². The standard InChI is InChI=1S/C24H29N3O2S/c1-16-10-11-18-13-19(23(28)26-22(18)17(16)2)14-27(15-21-9-6-12-30-21)24(29)25-20-7-4-3-5-8-20/h6,9-13,20H,3-5,7-8,14-15H2,1-2H3,(H,25,29)(H,26,28). The van der Waals surface area contributed by atoms with Gasteiger partial charge in [-0.15, -0.1) is 11.3 Å². The van der Waals surface area contributed by atoms with Crippen molar-refractivity contribution in [3.63, 3.8) is 0 Å². The second-order valence-electron chi connectivity index (χ2n) is 8.32. The smallest absolute Gasteiger partial charge is 0.318 e. The summed E-state index contributed by atoms with van der Waals surface area (Å²) in [6, 6.07) is 10.2. The Morgan fingerprint density at radius 1 is 1.17 bits per heavy atom. The lowest BCUT2D eigenvalue weighted by atomic mass is 9.96. The van der Waals surface area contributed by atoms with Crippen molar-refractivity contribution in [2.75, 3.05) is 0 Å². The fourth-order valence-electron chi connectivity index (χ4n) is 4.20. The van der Waals surface area contributed by atoms with Crippen LogP contribution in [0.15, 0.2) is 40.5 Å². The summed E-state index contributed by atoms with van der Waals surface area (Å²) in [6.07, 6.45) is 5.65. The first-order chi connectivity index (χ1) is 14.5. The van der Waals surface area contributed by atoms with Gasteiger partial charge in [-0.05, 0) is 60.7 Å². The number of nitrogens with zero attached hydrogens (tertiary/aromatic N) is 1. The summed E-state index contributed by atoms with van der Waals surface area (Å²) < 4.78 is 0. The van der Waals surface area contributed by atoms with E-state index in [1.54, 1.807) is 16.2 Å². The molecule has 1 aliphatic carbocycles. The van der Waals surface area contributed by atoms with E-state index in [1.165, 1.54) is 19.3 Å². The van der Waals surface area contributed by atoms with Crippen molar-refractivity contribution < 1.29 is 4.79 Å². The second-order valence-corrected chi connectivity index (χ2v) is 9.35. The largest absolute Gasteiger partial charge is 0.335 e. The van der Waals surface area contributed by atoms with Crippen LogP contribution >= 0.6 is 11.3 Å². The fourth-order valence-corrected chi connectivity index (χ4v) is 4.92. The molecule has 0 saturated heterocycles. The minimum atomic E-state index is -0.127. The van der Waals surface area contributed by atoms with Crippen molar-refractivity contribution in [2.24, 2.45) is 0 Å². The lowest BCUT2D eigenvalue weighted by Crippen LogP contribution is -2.45. The highest BCUT2D eigenvalue weighted by Crippen LogP contribution is 2.21. The molecule has 5 nitrogen and oxygen atoms in total. The number of fused-ring (bicyclic) bond motifs is 1. The highest BCUT2D eigenvalue weighted by Gasteiger charge is 2.22. The zero-order chi connectivity index (χ0) is 21.1. The molecular weight excluding hydrogens is 394 g/mol. The summed E-state index contributed by atoms with van der Waals surface area (Å²) in [7, 11) is 0. The van der Waals surface area contributed by atoms with Crippen LogP contribution in [-0.4, -0.2) is 22.0 Å². The van der Waals surface area contributed by atoms with Crippen molar-refractivity contribution in [3.05, 3.63) is 67.6 Å². The van der Waals surface area contributed by atoms with E-state index in [0.29, 0.717) is 12.1 Å². The maximum Gasteiger partial charge on any atom is 0.318 e. The van der Waals surface area contributed by atoms with Crippen molar-refractivity contribution in [2.45, 2.75) is 65.1 Å². The Balaban J connectivity index is 1.60. The molecule has 1 aliphatic rings. The Bertz CT molecular complexity index is 1080. The van der Waals surface area contributed by atoms with Crippen LogP contribution in [0.5, 0.6) is 0 Å². The minimum Gasteiger partial charge on any atom is -0.335 e. The number of urea groups is 1. The highest BCUT2D eigenvalue weighted by atomic mass is 32.1. The number of hydrogen-bond acceptors (Lipinski definition) is 3. The molecular formula is C24H29N3O2S. The molecule has 30 heavy (non-hydrogen) atoms.